The molecule has 0 aromatic heterocycles. The fourth-order valence-electron chi connectivity index (χ4n) is 3.23. The molecule has 118 valence electrons. The number of amides is 2. The monoisotopic (exact) mass is 295 g/mol. The summed E-state index contributed by atoms with van der Waals surface area (Å²) in [6, 6.07) is -0.103. The summed E-state index contributed by atoms with van der Waals surface area (Å²) in [7, 11) is 0. The lowest BCUT2D eigenvalue weighted by Gasteiger charge is -2.39. The highest BCUT2D eigenvalue weighted by Crippen LogP contribution is 2.40. The van der Waals surface area contributed by atoms with E-state index in [0.29, 0.717) is 12.8 Å². The van der Waals surface area contributed by atoms with Crippen LogP contribution in [0.4, 0.5) is 4.79 Å². The third-order valence-electron chi connectivity index (χ3n) is 5.22. The molecule has 2 N–H and O–H groups in total. The fraction of sp³-hybridized carbons (Fsp3) is 0.867. The maximum atomic E-state index is 12.2. The highest BCUT2D eigenvalue weighted by molar-refractivity contribution is 5.79. The minimum absolute atomic E-state index is 0.103. The number of carbonyl (C=O) groups excluding carboxylic acids is 1. The molecule has 6 heteroatoms. The summed E-state index contributed by atoms with van der Waals surface area (Å²) < 4.78 is 0. The van der Waals surface area contributed by atoms with Crippen LogP contribution in [0.3, 0.4) is 0 Å². The molecule has 1 saturated heterocycles. The van der Waals surface area contributed by atoms with Crippen molar-refractivity contribution in [2.45, 2.75) is 32.1 Å². The molecule has 6 nitrogen and oxygen atoms in total. The molecule has 21 heavy (non-hydrogen) atoms. The maximum Gasteiger partial charge on any atom is 0.317 e. The number of rotatable bonds is 5. The van der Waals surface area contributed by atoms with E-state index >= 15 is 0 Å². The van der Waals surface area contributed by atoms with Crippen molar-refractivity contribution in [1.29, 1.82) is 0 Å². The number of hydrogen-bond donors (Lipinski definition) is 2. The first kappa shape index (κ1) is 14.6. The molecule has 3 aliphatic rings. The SMILES string of the molecule is O=C(NCC1(C(=O)O)CCC1)N1CCN(CC2CC2)CC1. The largest absolute Gasteiger partial charge is 0.481 e. The molecule has 1 aliphatic heterocycles. The summed E-state index contributed by atoms with van der Waals surface area (Å²) >= 11 is 0. The van der Waals surface area contributed by atoms with Gasteiger partial charge in [-0.25, -0.2) is 4.79 Å². The standard InChI is InChI=1S/C15H25N3O3/c19-13(20)15(4-1-5-15)11-16-14(21)18-8-6-17(7-9-18)10-12-2-3-12/h12H,1-11H2,(H,16,21)(H,19,20). The van der Waals surface area contributed by atoms with Crippen molar-refractivity contribution in [3.63, 3.8) is 0 Å². The molecule has 1 heterocycles. The first-order valence-corrected chi connectivity index (χ1v) is 8.08. The lowest BCUT2D eigenvalue weighted by Crippen LogP contribution is -2.55. The van der Waals surface area contributed by atoms with Gasteiger partial charge in [-0.3, -0.25) is 9.69 Å². The third kappa shape index (κ3) is 3.31. The van der Waals surface area contributed by atoms with Crippen LogP contribution < -0.4 is 5.32 Å². The van der Waals surface area contributed by atoms with Gasteiger partial charge in [0.1, 0.15) is 0 Å². The zero-order valence-electron chi connectivity index (χ0n) is 12.5. The Morgan fingerprint density at radius 2 is 1.81 bits per heavy atom. The number of carboxylic acids is 1. The van der Waals surface area contributed by atoms with Gasteiger partial charge >= 0.3 is 12.0 Å². The molecule has 0 aromatic carbocycles. The Kier molecular flexibility index (Phi) is 4.06. The Morgan fingerprint density at radius 3 is 2.29 bits per heavy atom. The molecule has 0 radical (unpaired) electrons. The highest BCUT2D eigenvalue weighted by atomic mass is 16.4. The Morgan fingerprint density at radius 1 is 1.14 bits per heavy atom. The average molecular weight is 295 g/mol. The normalized spacial score (nSPS) is 25.2. The smallest absolute Gasteiger partial charge is 0.317 e. The zero-order chi connectivity index (χ0) is 14.9. The summed E-state index contributed by atoms with van der Waals surface area (Å²) in [4.78, 5) is 27.7. The summed E-state index contributed by atoms with van der Waals surface area (Å²) in [5.74, 6) is 0.114. The average Bonchev–Trinajstić information content (AvgIpc) is 3.21. The number of aliphatic carboxylic acids is 1. The van der Waals surface area contributed by atoms with Crippen LogP contribution >= 0.6 is 0 Å². The lowest BCUT2D eigenvalue weighted by atomic mass is 9.69. The predicted octanol–water partition coefficient (Wildman–Crippen LogP) is 0.978. The van der Waals surface area contributed by atoms with E-state index in [0.717, 1.165) is 38.5 Å². The molecule has 3 fully saturated rings. The Balaban J connectivity index is 1.40. The lowest BCUT2D eigenvalue weighted by molar-refractivity contribution is -0.153. The Bertz CT molecular complexity index is 410. The molecule has 0 unspecified atom stereocenters. The van der Waals surface area contributed by atoms with Crippen LogP contribution in [0.5, 0.6) is 0 Å². The van der Waals surface area contributed by atoms with Gasteiger partial charge in [-0.1, -0.05) is 6.42 Å². The van der Waals surface area contributed by atoms with E-state index in [1.165, 1.54) is 19.4 Å². The van der Waals surface area contributed by atoms with Crippen LogP contribution in [0.2, 0.25) is 0 Å². The predicted molar refractivity (Wildman–Crippen MR) is 78.1 cm³/mol. The molecule has 2 aliphatic carbocycles. The van der Waals surface area contributed by atoms with Gasteiger partial charge in [-0.05, 0) is 31.6 Å². The summed E-state index contributed by atoms with van der Waals surface area (Å²) in [5.41, 5.74) is -0.705. The Hall–Kier alpha value is -1.30. The van der Waals surface area contributed by atoms with Crippen LogP contribution in [-0.4, -0.2) is 66.2 Å². The number of piperazine rings is 1. The Labute approximate surface area is 125 Å². The van der Waals surface area contributed by atoms with Gasteiger partial charge in [-0.15, -0.1) is 0 Å². The number of hydrogen-bond acceptors (Lipinski definition) is 3. The quantitative estimate of drug-likeness (QED) is 0.793. The van der Waals surface area contributed by atoms with Gasteiger partial charge in [0.2, 0.25) is 0 Å². The number of carbonyl (C=O) groups is 2. The van der Waals surface area contributed by atoms with Gasteiger partial charge in [0.15, 0.2) is 0 Å². The second kappa shape index (κ2) is 5.83. The first-order valence-electron chi connectivity index (χ1n) is 8.08. The third-order valence-corrected chi connectivity index (χ3v) is 5.22. The summed E-state index contributed by atoms with van der Waals surface area (Å²) in [6.45, 7) is 4.82. The molecule has 0 aromatic rings. The highest BCUT2D eigenvalue weighted by Gasteiger charge is 2.44. The maximum absolute atomic E-state index is 12.2. The molecule has 2 amide bonds. The van der Waals surface area contributed by atoms with Crippen LogP contribution in [0.15, 0.2) is 0 Å². The number of carboxylic acid groups (broad SMARTS) is 1. The van der Waals surface area contributed by atoms with Crippen LogP contribution in [0.25, 0.3) is 0 Å². The molecular formula is C15H25N3O3. The summed E-state index contributed by atoms with van der Waals surface area (Å²) in [6.07, 6.45) is 5.02. The van der Waals surface area contributed by atoms with E-state index in [9.17, 15) is 14.7 Å². The van der Waals surface area contributed by atoms with Gasteiger partial charge in [0, 0.05) is 39.3 Å². The van der Waals surface area contributed by atoms with Crippen molar-refractivity contribution in [3.8, 4) is 0 Å². The van der Waals surface area contributed by atoms with Crippen molar-refractivity contribution in [2.75, 3.05) is 39.3 Å². The van der Waals surface area contributed by atoms with E-state index in [-0.39, 0.29) is 12.6 Å². The number of nitrogens with zero attached hydrogens (tertiary/aromatic N) is 2. The fourth-order valence-corrected chi connectivity index (χ4v) is 3.23. The van der Waals surface area contributed by atoms with Crippen molar-refractivity contribution < 1.29 is 14.7 Å². The van der Waals surface area contributed by atoms with Crippen molar-refractivity contribution >= 4 is 12.0 Å². The molecule has 3 rings (SSSR count). The minimum Gasteiger partial charge on any atom is -0.481 e. The molecule has 0 spiro atoms. The van der Waals surface area contributed by atoms with Crippen LogP contribution in [0, 0.1) is 11.3 Å². The van der Waals surface area contributed by atoms with E-state index in [1.807, 2.05) is 4.90 Å². The topological polar surface area (TPSA) is 72.9 Å². The second-order valence-electron chi connectivity index (χ2n) is 6.83. The molecule has 0 bridgehead atoms. The van der Waals surface area contributed by atoms with Crippen molar-refractivity contribution in [1.82, 2.24) is 15.1 Å². The number of urea groups is 1. The van der Waals surface area contributed by atoms with Gasteiger partial charge in [-0.2, -0.15) is 0 Å². The number of nitrogens with one attached hydrogen (secondary N) is 1. The first-order chi connectivity index (χ1) is 10.1. The van der Waals surface area contributed by atoms with E-state index in [1.54, 1.807) is 0 Å². The van der Waals surface area contributed by atoms with Crippen LogP contribution in [0.1, 0.15) is 32.1 Å². The van der Waals surface area contributed by atoms with Gasteiger partial charge in [0.25, 0.3) is 0 Å². The van der Waals surface area contributed by atoms with Gasteiger partial charge < -0.3 is 15.3 Å². The second-order valence-corrected chi connectivity index (χ2v) is 6.83. The molecule has 2 saturated carbocycles. The van der Waals surface area contributed by atoms with Crippen LogP contribution in [-0.2, 0) is 4.79 Å². The minimum atomic E-state index is -0.775. The molecular weight excluding hydrogens is 270 g/mol. The van der Waals surface area contributed by atoms with E-state index < -0.39 is 11.4 Å². The summed E-state index contributed by atoms with van der Waals surface area (Å²) in [5, 5.41) is 12.1. The molecule has 0 atom stereocenters. The van der Waals surface area contributed by atoms with Crippen molar-refractivity contribution in [3.05, 3.63) is 0 Å². The zero-order valence-corrected chi connectivity index (χ0v) is 12.5. The van der Waals surface area contributed by atoms with E-state index in [2.05, 4.69) is 10.2 Å². The van der Waals surface area contributed by atoms with Gasteiger partial charge in [0.05, 0.1) is 5.41 Å². The van der Waals surface area contributed by atoms with E-state index in [4.69, 9.17) is 0 Å². The van der Waals surface area contributed by atoms with Crippen molar-refractivity contribution in [2.24, 2.45) is 11.3 Å².